The summed E-state index contributed by atoms with van der Waals surface area (Å²) in [4.78, 5) is 141. The molecule has 18 atom stereocenters. The molecule has 2 saturated heterocycles. The number of phosphoric ester groups is 2. The number of quaternary nitrogens is 1. The van der Waals surface area contributed by atoms with E-state index < -0.39 is 199 Å². The van der Waals surface area contributed by atoms with Crippen LogP contribution in [0, 0.1) is 0 Å². The van der Waals surface area contributed by atoms with Crippen molar-refractivity contribution in [1.82, 2.24) is 31.9 Å². The van der Waals surface area contributed by atoms with Gasteiger partial charge in [0.25, 0.3) is 15.6 Å². The monoisotopic (exact) mass is 1840 g/mol. The van der Waals surface area contributed by atoms with Gasteiger partial charge in [-0.1, -0.05) is 128 Å². The zero-order chi connectivity index (χ0) is 96.6. The molecule has 13 N–H and O–H groups in total. The molecule has 0 bridgehead atoms. The topological polar surface area (TPSA) is 548 Å². The van der Waals surface area contributed by atoms with E-state index in [1.54, 1.807) is 6.92 Å². The molecule has 2 heterocycles. The Hall–Kier alpha value is -7.73. The van der Waals surface area contributed by atoms with Crippen LogP contribution in [-0.2, 0) is 84.6 Å². The van der Waals surface area contributed by atoms with E-state index in [-0.39, 0.29) is 19.3 Å². The lowest BCUT2D eigenvalue weighted by Crippen LogP contribution is -2.70. The van der Waals surface area contributed by atoms with Gasteiger partial charge in [0.2, 0.25) is 35.4 Å². The predicted molar refractivity (Wildman–Crippen MR) is 474 cm³/mol. The van der Waals surface area contributed by atoms with Crippen LogP contribution in [0.25, 0.3) is 0 Å². The number of rotatable bonds is 62. The summed E-state index contributed by atoms with van der Waals surface area (Å²) in [6.07, 6.45) is 24.8. The van der Waals surface area contributed by atoms with Crippen molar-refractivity contribution in [2.24, 2.45) is 0 Å². The minimum Gasteiger partial charge on any atom is -0.756 e. The average molecular weight is 1850 g/mol. The highest BCUT2D eigenvalue weighted by atomic mass is 31.3. The average Bonchev–Trinajstić information content (AvgIpc) is 0.764. The third kappa shape index (κ3) is 49.5. The van der Waals surface area contributed by atoms with Crippen LogP contribution < -0.4 is 62.7 Å². The van der Waals surface area contributed by atoms with E-state index in [1.807, 2.05) is 6.92 Å². The van der Waals surface area contributed by atoms with E-state index in [0.717, 1.165) is 156 Å². The third-order valence-corrected chi connectivity index (χ3v) is 24.2. The number of carbonyl (C=O) groups excluding carboxylic acids is 9. The molecule has 128 heavy (non-hydrogen) atoms. The summed E-state index contributed by atoms with van der Waals surface area (Å²) < 4.78 is 65.2. The van der Waals surface area contributed by atoms with Crippen molar-refractivity contribution in [2.75, 3.05) is 19.8 Å². The molecule has 0 saturated carbocycles. The molecule has 2 fully saturated rings. The second kappa shape index (κ2) is 61.8. The predicted octanol–water partition coefficient (Wildman–Crippen LogP) is 6.32. The first-order valence-electron chi connectivity index (χ1n) is 44.3. The zero-order valence-electron chi connectivity index (χ0n) is 78.2. The Bertz CT molecular complexity index is 4030. The summed E-state index contributed by atoms with van der Waals surface area (Å²) in [7, 11) is -12.2. The molecular formula is C92H147N7O27P2-4. The van der Waals surface area contributed by atoms with Gasteiger partial charge in [-0.05, 0) is 252 Å². The first-order chi connectivity index (χ1) is 60.1. The summed E-state index contributed by atoms with van der Waals surface area (Å²) in [6, 6.07) is -11.8. The molecule has 6 amide bonds. The van der Waals surface area contributed by atoms with Gasteiger partial charge >= 0.3 is 0 Å². The number of hydrogen-bond acceptors (Lipinski definition) is 27. The fraction of sp³-hybridized carbons (Fsp3) is 0.663. The summed E-state index contributed by atoms with van der Waals surface area (Å²) in [5.41, 5.74) is 18.0. The summed E-state index contributed by atoms with van der Waals surface area (Å²) in [6.45, 7) is 28.0. The van der Waals surface area contributed by atoms with E-state index in [9.17, 15) is 97.8 Å². The van der Waals surface area contributed by atoms with E-state index in [1.165, 1.54) is 56.2 Å². The molecule has 34 nitrogen and oxygen atoms in total. The molecule has 3 unspecified atom stereocenters. The zero-order valence-corrected chi connectivity index (χ0v) is 80.0. The highest BCUT2D eigenvalue weighted by molar-refractivity contribution is 7.59. The molecule has 0 radical (unpaired) electrons. The maximum atomic E-state index is 14.1. The van der Waals surface area contributed by atoms with Gasteiger partial charge in [-0.3, -0.25) is 42.4 Å². The number of allylic oxidation sites excluding steroid dienone is 21. The Labute approximate surface area is 756 Å². The lowest BCUT2D eigenvalue weighted by Gasteiger charge is -2.50. The van der Waals surface area contributed by atoms with E-state index in [2.05, 4.69) is 172 Å². The number of aliphatic hydroxyl groups is 4. The normalized spacial score (nSPS) is 22.6. The second-order valence-corrected chi connectivity index (χ2v) is 37.0. The van der Waals surface area contributed by atoms with Crippen molar-refractivity contribution in [3.8, 4) is 0 Å². The fourth-order valence-corrected chi connectivity index (χ4v) is 15.8. The van der Waals surface area contributed by atoms with Crippen LogP contribution in [0.4, 0.5) is 0 Å². The largest absolute Gasteiger partial charge is 0.756 e. The molecular weight excluding hydrogens is 1700 g/mol. The maximum Gasteiger partial charge on any atom is 0.276 e. The van der Waals surface area contributed by atoms with Crippen LogP contribution in [0.1, 0.15) is 278 Å². The first-order valence-corrected chi connectivity index (χ1v) is 47.3. The number of carbonyl (C=O) groups is 9. The van der Waals surface area contributed by atoms with Crippen LogP contribution in [0.15, 0.2) is 128 Å². The molecule has 2 rings (SSSR count). The number of phosphoric acid groups is 2. The van der Waals surface area contributed by atoms with Crippen molar-refractivity contribution in [3.63, 3.8) is 0 Å². The lowest BCUT2D eigenvalue weighted by atomic mass is 9.94. The Kier molecular flexibility index (Phi) is 56.2. The molecule has 0 aromatic heterocycles. The summed E-state index contributed by atoms with van der Waals surface area (Å²) in [5, 5.41) is 91.1. The maximum absolute atomic E-state index is 14.1. The minimum atomic E-state index is -6.27. The van der Waals surface area contributed by atoms with Crippen molar-refractivity contribution < 1.29 is 136 Å². The van der Waals surface area contributed by atoms with Crippen LogP contribution in [0.5, 0.6) is 0 Å². The quantitative estimate of drug-likeness (QED) is 0.0234. The molecule has 0 aromatic carbocycles. The van der Waals surface area contributed by atoms with Gasteiger partial charge in [0.15, 0.2) is 12.6 Å². The highest BCUT2D eigenvalue weighted by Gasteiger charge is 2.54. The number of nitrogens with one attached hydrogen (secondary N) is 6. The number of carboxylic acid groups (broad SMARTS) is 3. The van der Waals surface area contributed by atoms with Crippen LogP contribution >= 0.6 is 15.6 Å². The molecule has 2 aliphatic rings. The summed E-state index contributed by atoms with van der Waals surface area (Å²) in [5.74, 6) is -11.5. The molecule has 0 spiro atoms. The molecule has 0 aromatic rings. The number of hydrogen-bond donors (Lipinski definition) is 11. The van der Waals surface area contributed by atoms with Gasteiger partial charge in [-0.2, -0.15) is 0 Å². The van der Waals surface area contributed by atoms with E-state index >= 15 is 0 Å². The number of ether oxygens (including phenoxy) is 4. The van der Waals surface area contributed by atoms with Crippen molar-refractivity contribution in [1.29, 1.82) is 0 Å². The van der Waals surface area contributed by atoms with Crippen LogP contribution in [0.2, 0.25) is 0 Å². The molecule has 36 heteroatoms. The third-order valence-electron chi connectivity index (χ3n) is 21.7. The Morgan fingerprint density at radius 2 is 0.812 bits per heavy atom. The van der Waals surface area contributed by atoms with Gasteiger partial charge in [-0.25, -0.2) is 4.31 Å². The Morgan fingerprint density at radius 3 is 1.20 bits per heavy atom. The number of aliphatic carboxylic acids is 3. The smallest absolute Gasteiger partial charge is 0.276 e. The second-order valence-electron chi connectivity index (χ2n) is 34.0. The number of carboxylic acids is 3. The van der Waals surface area contributed by atoms with Gasteiger partial charge in [0, 0.05) is 26.7 Å². The molecule has 2 aliphatic heterocycles. The van der Waals surface area contributed by atoms with Gasteiger partial charge in [0.05, 0.1) is 49.8 Å². The van der Waals surface area contributed by atoms with Crippen molar-refractivity contribution in [3.05, 3.63) is 128 Å². The van der Waals surface area contributed by atoms with Gasteiger partial charge in [-0.15, -0.1) is 0 Å². The number of amides is 6. The van der Waals surface area contributed by atoms with E-state index in [0.29, 0.717) is 18.4 Å². The van der Waals surface area contributed by atoms with Gasteiger partial charge < -0.3 is 121 Å². The SMILES string of the molecule is CC(=O)N[C@H]1[C@H](O[C@H]2[C@H](O[C@H](C)C(=O)N[C@@H](C)C(=O)N[C@H](CCC(=O)N[C@@H](CCC[C@@H]([NH3+])C(=O)[O-])C(=O)N[C@H](C)C(=O)[O-])C(=O)[O-])[C@@H](NC(C)=O)C(OP(=O)([O-])OP(=O)([O-])OC/C=C(/C)CC/C=C(/C)CC/C=C(/C)CC/C=C(/C)CC/C=C(/C)CC/C=C(/C)CC/C=C(/C)CC/C=C(/C)CC/C=C(\C)CC/C=C(\C)CCC=C(C)C)O[C@@H]2CO)O[C@H](CO)[C@@H](O)[C@@H]1O. The van der Waals surface area contributed by atoms with Crippen LogP contribution in [-0.4, -0.2) is 191 Å². The van der Waals surface area contributed by atoms with Gasteiger partial charge in [0.1, 0.15) is 72.9 Å². The van der Waals surface area contributed by atoms with Crippen molar-refractivity contribution >= 4 is 69.0 Å². The summed E-state index contributed by atoms with van der Waals surface area (Å²) >= 11 is 0. The van der Waals surface area contributed by atoms with Crippen molar-refractivity contribution in [2.45, 2.75) is 376 Å². The Morgan fingerprint density at radius 1 is 0.422 bits per heavy atom. The highest BCUT2D eigenvalue weighted by Crippen LogP contribution is 2.57. The number of aliphatic hydroxyl groups excluding tert-OH is 4. The van der Waals surface area contributed by atoms with E-state index in [4.69, 9.17) is 28.0 Å². The minimum absolute atomic E-state index is 0.0440. The fourth-order valence-electron chi connectivity index (χ4n) is 13.8. The molecule has 0 aliphatic carbocycles. The van der Waals surface area contributed by atoms with Crippen LogP contribution in [0.3, 0.4) is 0 Å². The lowest BCUT2D eigenvalue weighted by molar-refractivity contribution is -0.438. The Balaban J connectivity index is 2.07. The first kappa shape index (κ1) is 116. The molecule has 726 valence electrons. The standard InChI is InChI=1S/C92H151N7O27P2/c1-57(2)29-18-30-58(3)31-19-32-59(4)33-20-34-60(5)35-21-36-61(6)37-22-38-62(7)39-23-40-63(8)41-24-42-64(9)43-25-44-65(10)45-26-46-66(11)47-27-48-67(12)53-54-120-127(116,117)126-128(118,119)125-92-80(97-72(17)103)84(83(77(56-101)123-92)124-91-79(96-71(16)102)82(106)81(105)76(55-100)122-91)121-70(15)86(108)94-68(13)85(107)99-75(90(114)115)51-52-78(104)98-74(50-28-49-73(93)89(112)113)87(109)95-69(14)88(110)111/h29,31,33,35,37,39,41,43,45,47,53,68-70,73-77,79-84,91-92,100-101,105-106H,18-28,30,32,34,36,38,40,42,44,46,48-52,54-56,93H2,1-17H3,(H,94,108)(H,95,109)(H,96,102)(H,97,103)(H,98,104)(H,99,107)(H,110,111)(H,112,113)(H,114,115)(H,116,117)(H,118,119)/p-4/b58-31+,59-33+,60-35-,61-37-,62-39-,63-41-,64-43-,65-45-,66-47-,67-53-/t68-,69+,70+,73+,74-,75+,76+,77+,79+,80+,81+,82+,83+,84+,91-,92?/m0/s1.